The third kappa shape index (κ3) is 1.64. The van der Waals surface area contributed by atoms with Crippen molar-refractivity contribution in [2.24, 2.45) is 14.1 Å². The van der Waals surface area contributed by atoms with E-state index in [4.69, 9.17) is 4.74 Å². The lowest BCUT2D eigenvalue weighted by molar-refractivity contribution is 0.0338. The number of hydrogen-bond donors (Lipinski definition) is 1. The van der Waals surface area contributed by atoms with Gasteiger partial charge in [-0.15, -0.1) is 0 Å². The molecule has 1 aliphatic heterocycles. The van der Waals surface area contributed by atoms with Crippen LogP contribution in [-0.4, -0.2) is 36.5 Å². The Kier molecular flexibility index (Phi) is 2.58. The molecule has 1 N–H and O–H groups in total. The number of aliphatic hydroxyl groups is 1. The molecule has 2 aromatic rings. The van der Waals surface area contributed by atoms with Gasteiger partial charge in [-0.3, -0.25) is 13.9 Å². The van der Waals surface area contributed by atoms with E-state index in [0.717, 1.165) is 4.57 Å². The minimum atomic E-state index is -0.694. The molecule has 0 fully saturated rings. The number of nitrogens with zero attached hydrogens (tertiary/aromatic N) is 4. The topological polar surface area (TPSA) is 91.3 Å². The first-order valence-corrected chi connectivity index (χ1v) is 5.91. The van der Waals surface area contributed by atoms with Crippen molar-refractivity contribution in [3.8, 4) is 0 Å². The first kappa shape index (κ1) is 12.1. The van der Waals surface area contributed by atoms with Gasteiger partial charge in [0.15, 0.2) is 11.2 Å². The maximum atomic E-state index is 12.2. The molecule has 0 aromatic carbocycles. The zero-order valence-corrected chi connectivity index (χ0v) is 10.7. The summed E-state index contributed by atoms with van der Waals surface area (Å²) < 4.78 is 9.27. The molecule has 0 saturated heterocycles. The number of ether oxygens (including phenoxy) is 1. The molecule has 0 spiro atoms. The van der Waals surface area contributed by atoms with E-state index >= 15 is 0 Å². The van der Waals surface area contributed by atoms with E-state index < -0.39 is 17.4 Å². The predicted octanol–water partition coefficient (Wildman–Crippen LogP) is -1.68. The molecule has 1 atom stereocenters. The normalized spacial score (nSPS) is 19.4. The van der Waals surface area contributed by atoms with Gasteiger partial charge >= 0.3 is 5.69 Å². The maximum Gasteiger partial charge on any atom is 0.332 e. The Labute approximate surface area is 107 Å². The van der Waals surface area contributed by atoms with Crippen molar-refractivity contribution < 1.29 is 9.84 Å². The van der Waals surface area contributed by atoms with Crippen LogP contribution < -0.4 is 11.2 Å². The molecule has 0 unspecified atom stereocenters. The third-order valence-corrected chi connectivity index (χ3v) is 3.36. The highest BCUT2D eigenvalue weighted by molar-refractivity contribution is 5.71. The standard InChI is InChI=1S/C11H14N4O4/c1-13-9-8(10(17)14(2)11(13)18)15-3-6(16)4-19-5-7(15)12-9/h6,16H,3-5H2,1-2H3/t6-/m1/s1. The first-order valence-electron chi connectivity index (χ1n) is 5.91. The van der Waals surface area contributed by atoms with Gasteiger partial charge in [-0.2, -0.15) is 0 Å². The summed E-state index contributed by atoms with van der Waals surface area (Å²) in [6.07, 6.45) is -0.694. The van der Waals surface area contributed by atoms with Gasteiger partial charge in [0, 0.05) is 14.1 Å². The monoisotopic (exact) mass is 266 g/mol. The summed E-state index contributed by atoms with van der Waals surface area (Å²) in [7, 11) is 2.99. The van der Waals surface area contributed by atoms with Gasteiger partial charge in [0.05, 0.1) is 19.3 Å². The van der Waals surface area contributed by atoms with Gasteiger partial charge in [0.2, 0.25) is 0 Å². The van der Waals surface area contributed by atoms with Crippen LogP contribution in [-0.2, 0) is 32.0 Å². The minimum absolute atomic E-state index is 0.205. The highest BCUT2D eigenvalue weighted by Gasteiger charge is 2.23. The molecule has 2 aromatic heterocycles. The highest BCUT2D eigenvalue weighted by atomic mass is 16.5. The quantitative estimate of drug-likeness (QED) is 0.615. The Morgan fingerprint density at radius 1 is 1.32 bits per heavy atom. The highest BCUT2D eigenvalue weighted by Crippen LogP contribution is 2.15. The van der Waals surface area contributed by atoms with Crippen molar-refractivity contribution in [1.82, 2.24) is 18.7 Å². The van der Waals surface area contributed by atoms with E-state index in [1.54, 1.807) is 11.6 Å². The van der Waals surface area contributed by atoms with Gasteiger partial charge in [0.25, 0.3) is 5.56 Å². The van der Waals surface area contributed by atoms with Crippen LogP contribution >= 0.6 is 0 Å². The number of imidazole rings is 1. The number of aliphatic hydroxyl groups excluding tert-OH is 1. The van der Waals surface area contributed by atoms with Crippen LogP contribution in [0.5, 0.6) is 0 Å². The molecule has 0 amide bonds. The average molecular weight is 266 g/mol. The largest absolute Gasteiger partial charge is 0.389 e. The fourth-order valence-corrected chi connectivity index (χ4v) is 2.35. The van der Waals surface area contributed by atoms with Crippen LogP contribution in [0.3, 0.4) is 0 Å². The number of rotatable bonds is 0. The smallest absolute Gasteiger partial charge is 0.332 e. The van der Waals surface area contributed by atoms with Crippen LogP contribution in [0.2, 0.25) is 0 Å². The van der Waals surface area contributed by atoms with Crippen molar-refractivity contribution in [1.29, 1.82) is 0 Å². The SMILES string of the molecule is Cn1c(=O)c2c(nc3n2C[C@@H](O)COC3)n(C)c1=O. The Hall–Kier alpha value is -1.93. The second kappa shape index (κ2) is 4.04. The Balaban J connectivity index is 2.44. The van der Waals surface area contributed by atoms with Crippen molar-refractivity contribution >= 4 is 11.2 Å². The van der Waals surface area contributed by atoms with Gasteiger partial charge in [-0.05, 0) is 0 Å². The summed E-state index contributed by atoms with van der Waals surface area (Å²) in [5.74, 6) is 0.546. The molecule has 102 valence electrons. The zero-order valence-electron chi connectivity index (χ0n) is 10.7. The minimum Gasteiger partial charge on any atom is -0.389 e. The van der Waals surface area contributed by atoms with Crippen LogP contribution in [0.25, 0.3) is 11.2 Å². The van der Waals surface area contributed by atoms with Crippen molar-refractivity contribution in [3.05, 3.63) is 26.7 Å². The van der Waals surface area contributed by atoms with E-state index in [1.165, 1.54) is 11.6 Å². The van der Waals surface area contributed by atoms with Crippen molar-refractivity contribution in [2.75, 3.05) is 6.61 Å². The van der Waals surface area contributed by atoms with Crippen molar-refractivity contribution in [2.45, 2.75) is 19.3 Å². The lowest BCUT2D eigenvalue weighted by Gasteiger charge is -2.09. The van der Waals surface area contributed by atoms with Crippen LogP contribution in [0.15, 0.2) is 9.59 Å². The zero-order chi connectivity index (χ0) is 13.7. The van der Waals surface area contributed by atoms with Crippen molar-refractivity contribution in [3.63, 3.8) is 0 Å². The van der Waals surface area contributed by atoms with Gasteiger partial charge in [-0.1, -0.05) is 0 Å². The van der Waals surface area contributed by atoms with E-state index in [0.29, 0.717) is 17.0 Å². The summed E-state index contributed by atoms with van der Waals surface area (Å²) in [5, 5.41) is 9.75. The number of fused-ring (bicyclic) bond motifs is 3. The molecular formula is C11H14N4O4. The van der Waals surface area contributed by atoms with E-state index in [-0.39, 0.29) is 19.8 Å². The summed E-state index contributed by atoms with van der Waals surface area (Å²) in [6, 6.07) is 0. The summed E-state index contributed by atoms with van der Waals surface area (Å²) >= 11 is 0. The molecule has 8 nitrogen and oxygen atoms in total. The fraction of sp³-hybridized carbons (Fsp3) is 0.545. The average Bonchev–Trinajstić information content (AvgIpc) is 2.63. The van der Waals surface area contributed by atoms with E-state index in [9.17, 15) is 14.7 Å². The van der Waals surface area contributed by atoms with Gasteiger partial charge < -0.3 is 14.4 Å². The molecular weight excluding hydrogens is 252 g/mol. The first-order chi connectivity index (χ1) is 9.00. The molecule has 0 aliphatic carbocycles. The third-order valence-electron chi connectivity index (χ3n) is 3.36. The number of aromatic nitrogens is 4. The maximum absolute atomic E-state index is 12.2. The lowest BCUT2D eigenvalue weighted by atomic mass is 10.3. The fourth-order valence-electron chi connectivity index (χ4n) is 2.35. The van der Waals surface area contributed by atoms with E-state index in [1.807, 2.05) is 0 Å². The summed E-state index contributed by atoms with van der Waals surface area (Å²) in [5.41, 5.74) is -0.192. The molecule has 1 aliphatic rings. The molecule has 3 rings (SSSR count). The molecule has 19 heavy (non-hydrogen) atoms. The van der Waals surface area contributed by atoms with Crippen LogP contribution in [0.4, 0.5) is 0 Å². The Bertz CT molecular complexity index is 770. The number of aryl methyl sites for hydroxylation is 1. The molecule has 0 saturated carbocycles. The van der Waals surface area contributed by atoms with E-state index in [2.05, 4.69) is 4.98 Å². The number of hydrogen-bond acceptors (Lipinski definition) is 5. The van der Waals surface area contributed by atoms with Gasteiger partial charge in [-0.25, -0.2) is 9.78 Å². The molecule has 0 radical (unpaired) electrons. The summed E-state index contributed by atoms with van der Waals surface area (Å²) in [6.45, 7) is 0.652. The molecule has 3 heterocycles. The predicted molar refractivity (Wildman–Crippen MR) is 65.9 cm³/mol. The Morgan fingerprint density at radius 3 is 2.79 bits per heavy atom. The van der Waals surface area contributed by atoms with Crippen LogP contribution in [0, 0.1) is 0 Å². The lowest BCUT2D eigenvalue weighted by Crippen LogP contribution is -2.37. The second-order valence-corrected chi connectivity index (χ2v) is 4.69. The second-order valence-electron chi connectivity index (χ2n) is 4.69. The van der Waals surface area contributed by atoms with Crippen LogP contribution in [0.1, 0.15) is 5.82 Å². The Morgan fingerprint density at radius 2 is 2.05 bits per heavy atom. The molecule has 0 bridgehead atoms. The molecule has 8 heteroatoms. The summed E-state index contributed by atoms with van der Waals surface area (Å²) in [4.78, 5) is 28.4. The van der Waals surface area contributed by atoms with Gasteiger partial charge in [0.1, 0.15) is 12.4 Å².